The minimum atomic E-state index is -3.49. The van der Waals surface area contributed by atoms with Gasteiger partial charge in [-0.25, -0.2) is 8.42 Å². The van der Waals surface area contributed by atoms with Crippen LogP contribution >= 0.6 is 0 Å². The molecule has 30 heavy (non-hydrogen) atoms. The first kappa shape index (κ1) is 20.9. The molecule has 2 aromatic carbocycles. The first-order chi connectivity index (χ1) is 14.5. The summed E-state index contributed by atoms with van der Waals surface area (Å²) in [5.41, 5.74) is 1.13. The Morgan fingerprint density at radius 2 is 1.60 bits per heavy atom. The Bertz CT molecular complexity index is 968. The maximum atomic E-state index is 13.3. The summed E-state index contributed by atoms with van der Waals surface area (Å²) in [6.07, 6.45) is 3.08. The SMILES string of the molecule is COc1ccc([C@@H]2CCCN2C(=O)C2CCN(S(=O)(=O)c3ccccc3)CC2)cc1. The van der Waals surface area contributed by atoms with Crippen LogP contribution in [0.5, 0.6) is 5.75 Å². The summed E-state index contributed by atoms with van der Waals surface area (Å²) in [5.74, 6) is 0.845. The highest BCUT2D eigenvalue weighted by molar-refractivity contribution is 7.89. The van der Waals surface area contributed by atoms with Gasteiger partial charge in [-0.1, -0.05) is 30.3 Å². The standard InChI is InChI=1S/C23H28N2O4S/c1-29-20-11-9-18(10-12-20)22-8-5-15-25(22)23(26)19-13-16-24(17-14-19)30(27,28)21-6-3-2-4-7-21/h2-4,6-7,9-12,19,22H,5,8,13-17H2,1H3/t22-/m0/s1. The van der Waals surface area contributed by atoms with Crippen molar-refractivity contribution in [2.24, 2.45) is 5.92 Å². The molecular formula is C23H28N2O4S. The topological polar surface area (TPSA) is 66.9 Å². The summed E-state index contributed by atoms with van der Waals surface area (Å²) in [4.78, 5) is 15.6. The number of hydrogen-bond acceptors (Lipinski definition) is 4. The summed E-state index contributed by atoms with van der Waals surface area (Å²) in [6.45, 7) is 1.53. The number of amides is 1. The van der Waals surface area contributed by atoms with E-state index in [1.807, 2.05) is 29.2 Å². The van der Waals surface area contributed by atoms with E-state index in [4.69, 9.17) is 4.74 Å². The number of rotatable bonds is 5. The molecule has 0 N–H and O–H groups in total. The zero-order valence-electron chi connectivity index (χ0n) is 17.2. The van der Waals surface area contributed by atoms with Gasteiger partial charge in [0.2, 0.25) is 15.9 Å². The van der Waals surface area contributed by atoms with Crippen molar-refractivity contribution in [2.75, 3.05) is 26.7 Å². The van der Waals surface area contributed by atoms with Crippen LogP contribution in [0.4, 0.5) is 0 Å². The minimum absolute atomic E-state index is 0.0921. The molecule has 0 saturated carbocycles. The minimum Gasteiger partial charge on any atom is -0.497 e. The molecule has 0 spiro atoms. The van der Waals surface area contributed by atoms with E-state index in [2.05, 4.69) is 0 Å². The second-order valence-corrected chi connectivity index (χ2v) is 9.89. The van der Waals surface area contributed by atoms with Crippen LogP contribution < -0.4 is 4.74 Å². The van der Waals surface area contributed by atoms with Gasteiger partial charge in [-0.15, -0.1) is 0 Å². The Morgan fingerprint density at radius 1 is 0.933 bits per heavy atom. The van der Waals surface area contributed by atoms with Crippen molar-refractivity contribution in [1.82, 2.24) is 9.21 Å². The van der Waals surface area contributed by atoms with Crippen LogP contribution in [-0.2, 0) is 14.8 Å². The van der Waals surface area contributed by atoms with Crippen LogP contribution in [0.1, 0.15) is 37.3 Å². The molecule has 2 heterocycles. The number of nitrogens with zero attached hydrogens (tertiary/aromatic N) is 2. The third kappa shape index (κ3) is 4.09. The van der Waals surface area contributed by atoms with E-state index in [9.17, 15) is 13.2 Å². The summed E-state index contributed by atoms with van der Waals surface area (Å²) in [6, 6.07) is 16.5. The highest BCUT2D eigenvalue weighted by atomic mass is 32.2. The van der Waals surface area contributed by atoms with Gasteiger partial charge in [0, 0.05) is 25.6 Å². The molecule has 0 aromatic heterocycles. The van der Waals surface area contributed by atoms with Crippen molar-refractivity contribution < 1.29 is 17.9 Å². The van der Waals surface area contributed by atoms with Gasteiger partial charge in [0.1, 0.15) is 5.75 Å². The smallest absolute Gasteiger partial charge is 0.243 e. The van der Waals surface area contributed by atoms with Gasteiger partial charge in [0.15, 0.2) is 0 Å². The molecule has 0 bridgehead atoms. The van der Waals surface area contributed by atoms with Crippen molar-refractivity contribution in [3.8, 4) is 5.75 Å². The van der Waals surface area contributed by atoms with Gasteiger partial charge in [-0.3, -0.25) is 4.79 Å². The third-order valence-corrected chi connectivity index (χ3v) is 8.13. The summed E-state index contributed by atoms with van der Waals surface area (Å²) in [5, 5.41) is 0. The number of benzene rings is 2. The molecule has 1 atom stereocenters. The fourth-order valence-corrected chi connectivity index (χ4v) is 6.01. The highest BCUT2D eigenvalue weighted by Gasteiger charge is 2.37. The number of likely N-dealkylation sites (tertiary alicyclic amines) is 1. The third-order valence-electron chi connectivity index (χ3n) is 6.22. The van der Waals surface area contributed by atoms with Gasteiger partial charge in [-0.05, 0) is 55.5 Å². The van der Waals surface area contributed by atoms with Crippen LogP contribution in [0.25, 0.3) is 0 Å². The first-order valence-electron chi connectivity index (χ1n) is 10.5. The summed E-state index contributed by atoms with van der Waals surface area (Å²) < 4.78 is 32.4. The molecule has 4 rings (SSSR count). The second-order valence-electron chi connectivity index (χ2n) is 7.95. The van der Waals surface area contributed by atoms with Crippen molar-refractivity contribution in [3.05, 3.63) is 60.2 Å². The Morgan fingerprint density at radius 3 is 2.23 bits per heavy atom. The van der Waals surface area contributed by atoms with Gasteiger partial charge < -0.3 is 9.64 Å². The van der Waals surface area contributed by atoms with Gasteiger partial charge in [0.05, 0.1) is 18.0 Å². The lowest BCUT2D eigenvalue weighted by Gasteiger charge is -2.34. The van der Waals surface area contributed by atoms with E-state index in [-0.39, 0.29) is 17.9 Å². The number of sulfonamides is 1. The first-order valence-corrected chi connectivity index (χ1v) is 11.9. The van der Waals surface area contributed by atoms with Crippen molar-refractivity contribution in [3.63, 3.8) is 0 Å². The fourth-order valence-electron chi connectivity index (χ4n) is 4.52. The number of carbonyl (C=O) groups excluding carboxylic acids is 1. The number of ether oxygens (including phenoxy) is 1. The predicted molar refractivity (Wildman–Crippen MR) is 115 cm³/mol. The molecule has 0 radical (unpaired) electrons. The average molecular weight is 429 g/mol. The molecule has 6 nitrogen and oxygen atoms in total. The van der Waals surface area contributed by atoms with Crippen molar-refractivity contribution >= 4 is 15.9 Å². The zero-order valence-corrected chi connectivity index (χ0v) is 18.1. The average Bonchev–Trinajstić information content (AvgIpc) is 3.29. The van der Waals surface area contributed by atoms with Crippen LogP contribution in [0.15, 0.2) is 59.5 Å². The Hall–Kier alpha value is -2.38. The highest BCUT2D eigenvalue weighted by Crippen LogP contribution is 2.35. The largest absolute Gasteiger partial charge is 0.497 e. The van der Waals surface area contributed by atoms with Crippen molar-refractivity contribution in [2.45, 2.75) is 36.6 Å². The maximum absolute atomic E-state index is 13.3. The molecule has 7 heteroatoms. The molecule has 2 aromatic rings. The van der Waals surface area contributed by atoms with E-state index in [0.29, 0.717) is 30.8 Å². The van der Waals surface area contributed by atoms with E-state index in [1.165, 1.54) is 4.31 Å². The Balaban J connectivity index is 1.41. The van der Waals surface area contributed by atoms with Crippen molar-refractivity contribution in [1.29, 1.82) is 0 Å². The zero-order chi connectivity index (χ0) is 21.1. The van der Waals surface area contributed by atoms with E-state index in [0.717, 1.165) is 30.7 Å². The van der Waals surface area contributed by atoms with Crippen LogP contribution in [0.2, 0.25) is 0 Å². The lowest BCUT2D eigenvalue weighted by atomic mass is 9.95. The quantitative estimate of drug-likeness (QED) is 0.732. The lowest BCUT2D eigenvalue weighted by Crippen LogP contribution is -2.44. The van der Waals surface area contributed by atoms with Gasteiger partial charge in [-0.2, -0.15) is 4.31 Å². The normalized spacial score (nSPS) is 21.0. The molecule has 2 fully saturated rings. The Labute approximate surface area is 178 Å². The van der Waals surface area contributed by atoms with Crippen LogP contribution in [-0.4, -0.2) is 50.3 Å². The summed E-state index contributed by atoms with van der Waals surface area (Å²) >= 11 is 0. The molecule has 0 aliphatic carbocycles. The molecule has 2 saturated heterocycles. The van der Waals surface area contributed by atoms with E-state index < -0.39 is 10.0 Å². The lowest BCUT2D eigenvalue weighted by molar-refractivity contribution is -0.137. The Kier molecular flexibility index (Phi) is 6.11. The number of carbonyl (C=O) groups is 1. The summed E-state index contributed by atoms with van der Waals surface area (Å²) in [7, 11) is -1.85. The van der Waals surface area contributed by atoms with Gasteiger partial charge >= 0.3 is 0 Å². The number of methoxy groups -OCH3 is 1. The molecule has 2 aliphatic heterocycles. The molecule has 2 aliphatic rings. The van der Waals surface area contributed by atoms with Crippen LogP contribution in [0, 0.1) is 5.92 Å². The van der Waals surface area contributed by atoms with E-state index >= 15 is 0 Å². The van der Waals surface area contributed by atoms with Gasteiger partial charge in [0.25, 0.3) is 0 Å². The molecule has 1 amide bonds. The van der Waals surface area contributed by atoms with E-state index in [1.54, 1.807) is 37.4 Å². The number of hydrogen-bond donors (Lipinski definition) is 0. The monoisotopic (exact) mass is 428 g/mol. The fraction of sp³-hybridized carbons (Fsp3) is 0.435. The predicted octanol–water partition coefficient (Wildman–Crippen LogP) is 3.46. The molecular weight excluding hydrogens is 400 g/mol. The van der Waals surface area contributed by atoms with Crippen LogP contribution in [0.3, 0.4) is 0 Å². The number of piperidine rings is 1. The maximum Gasteiger partial charge on any atom is 0.243 e. The second kappa shape index (κ2) is 8.78. The molecule has 160 valence electrons. The molecule has 0 unspecified atom stereocenters.